The molecule has 9 nitrogen and oxygen atoms in total. The van der Waals surface area contributed by atoms with E-state index in [1.54, 1.807) is 29.1 Å². The molecule has 0 aromatic carbocycles. The minimum Gasteiger partial charge on any atom is -0.383 e. The van der Waals surface area contributed by atoms with Crippen LogP contribution in [0.5, 0.6) is 0 Å². The number of methoxy groups -OCH3 is 1. The number of carbonyl (C=O) groups excluding carboxylic acids is 2. The van der Waals surface area contributed by atoms with Gasteiger partial charge in [0, 0.05) is 57.2 Å². The number of hydrogen-bond acceptors (Lipinski definition) is 5. The van der Waals surface area contributed by atoms with Gasteiger partial charge in [-0.1, -0.05) is 13.8 Å². The second kappa shape index (κ2) is 9.88. The van der Waals surface area contributed by atoms with Crippen molar-refractivity contribution >= 4 is 11.8 Å². The van der Waals surface area contributed by atoms with Crippen molar-refractivity contribution in [2.45, 2.75) is 53.2 Å². The van der Waals surface area contributed by atoms with Gasteiger partial charge in [-0.3, -0.25) is 19.0 Å². The molecule has 0 atom stereocenters. The summed E-state index contributed by atoms with van der Waals surface area (Å²) in [4.78, 5) is 27.5. The number of nitrogens with zero attached hydrogens (tertiary/aromatic N) is 5. The van der Waals surface area contributed by atoms with Crippen LogP contribution in [0.15, 0.2) is 12.4 Å². The highest BCUT2D eigenvalue weighted by molar-refractivity contribution is 5.96. The number of ether oxygens (including phenoxy) is 1. The third-order valence-corrected chi connectivity index (χ3v) is 5.35. The van der Waals surface area contributed by atoms with Crippen LogP contribution in [0.2, 0.25) is 0 Å². The van der Waals surface area contributed by atoms with Gasteiger partial charge < -0.3 is 15.0 Å². The van der Waals surface area contributed by atoms with Crippen LogP contribution in [0.1, 0.15) is 59.3 Å². The SMILES string of the molecule is CCn1cc(C(=O)N2CCc3c(c(C(=O)NCCOC)nn3CCC(C)C)C2)cn1. The molecule has 0 saturated heterocycles. The largest absolute Gasteiger partial charge is 0.383 e. The molecule has 1 aliphatic rings. The maximum absolute atomic E-state index is 13.0. The van der Waals surface area contributed by atoms with Crippen LogP contribution in [-0.2, 0) is 30.8 Å². The molecule has 0 radical (unpaired) electrons. The van der Waals surface area contributed by atoms with Gasteiger partial charge in [-0.2, -0.15) is 10.2 Å². The van der Waals surface area contributed by atoms with E-state index in [0.29, 0.717) is 56.4 Å². The molecule has 0 spiro atoms. The number of amides is 2. The molecule has 2 amide bonds. The zero-order valence-corrected chi connectivity index (χ0v) is 18.3. The Kier molecular flexibility index (Phi) is 7.25. The van der Waals surface area contributed by atoms with Crippen molar-refractivity contribution in [3.8, 4) is 0 Å². The normalized spacial score (nSPS) is 13.6. The fraction of sp³-hybridized carbons (Fsp3) is 0.619. The molecular formula is C21H32N6O3. The van der Waals surface area contributed by atoms with Crippen molar-refractivity contribution in [3.63, 3.8) is 0 Å². The maximum Gasteiger partial charge on any atom is 0.272 e. The van der Waals surface area contributed by atoms with Crippen LogP contribution < -0.4 is 5.32 Å². The lowest BCUT2D eigenvalue weighted by Gasteiger charge is -2.27. The van der Waals surface area contributed by atoms with Crippen molar-refractivity contribution in [3.05, 3.63) is 34.9 Å². The third kappa shape index (κ3) is 4.89. The number of nitrogens with one attached hydrogen (secondary N) is 1. The van der Waals surface area contributed by atoms with E-state index in [0.717, 1.165) is 24.2 Å². The topological polar surface area (TPSA) is 94.3 Å². The summed E-state index contributed by atoms with van der Waals surface area (Å²) in [5.74, 6) is 0.251. The number of aryl methyl sites for hydroxylation is 2. The Labute approximate surface area is 177 Å². The molecule has 0 fully saturated rings. The van der Waals surface area contributed by atoms with Crippen LogP contribution in [0.4, 0.5) is 0 Å². The van der Waals surface area contributed by atoms with E-state index in [1.165, 1.54) is 0 Å². The lowest BCUT2D eigenvalue weighted by Crippen LogP contribution is -2.37. The second-order valence-corrected chi connectivity index (χ2v) is 7.99. The summed E-state index contributed by atoms with van der Waals surface area (Å²) >= 11 is 0. The molecule has 1 N–H and O–H groups in total. The van der Waals surface area contributed by atoms with Crippen LogP contribution in [0.3, 0.4) is 0 Å². The predicted octanol–water partition coefficient (Wildman–Crippen LogP) is 1.72. The average molecular weight is 417 g/mol. The highest BCUT2D eigenvalue weighted by atomic mass is 16.5. The molecule has 0 bridgehead atoms. The van der Waals surface area contributed by atoms with Crippen LogP contribution >= 0.6 is 0 Å². The van der Waals surface area contributed by atoms with Crippen molar-refractivity contribution in [2.24, 2.45) is 5.92 Å². The summed E-state index contributed by atoms with van der Waals surface area (Å²) in [5, 5.41) is 11.7. The Hall–Kier alpha value is -2.68. The molecule has 9 heteroatoms. The Morgan fingerprint density at radius 1 is 1.33 bits per heavy atom. The predicted molar refractivity (Wildman–Crippen MR) is 112 cm³/mol. The third-order valence-electron chi connectivity index (χ3n) is 5.35. The van der Waals surface area contributed by atoms with E-state index in [4.69, 9.17) is 4.74 Å². The van der Waals surface area contributed by atoms with Crippen molar-refractivity contribution < 1.29 is 14.3 Å². The van der Waals surface area contributed by atoms with Gasteiger partial charge in [0.1, 0.15) is 0 Å². The number of carbonyl (C=O) groups is 2. The lowest BCUT2D eigenvalue weighted by molar-refractivity contribution is 0.0730. The standard InChI is InChI=1S/C21H32N6O3/c1-5-26-13-16(12-23-26)21(29)25-9-7-18-17(14-25)19(20(28)22-8-11-30-4)24-27(18)10-6-15(2)3/h12-13,15H,5-11,14H2,1-4H3,(H,22,28). The maximum atomic E-state index is 13.0. The van der Waals surface area contributed by atoms with Gasteiger partial charge in [0.05, 0.1) is 24.9 Å². The first-order chi connectivity index (χ1) is 14.4. The molecule has 0 saturated carbocycles. The summed E-state index contributed by atoms with van der Waals surface area (Å²) in [7, 11) is 1.60. The Balaban J connectivity index is 1.83. The number of rotatable bonds is 9. The first-order valence-corrected chi connectivity index (χ1v) is 10.6. The summed E-state index contributed by atoms with van der Waals surface area (Å²) in [6.45, 7) is 9.64. The molecule has 164 valence electrons. The van der Waals surface area contributed by atoms with Crippen LogP contribution in [0.25, 0.3) is 0 Å². The van der Waals surface area contributed by atoms with Crippen molar-refractivity contribution in [2.75, 3.05) is 26.8 Å². The summed E-state index contributed by atoms with van der Waals surface area (Å²) in [5.41, 5.74) is 2.88. The highest BCUT2D eigenvalue weighted by Crippen LogP contribution is 2.25. The highest BCUT2D eigenvalue weighted by Gasteiger charge is 2.30. The van der Waals surface area contributed by atoms with Gasteiger partial charge in [0.15, 0.2) is 5.69 Å². The van der Waals surface area contributed by atoms with E-state index < -0.39 is 0 Å². The minimum atomic E-state index is -0.223. The van der Waals surface area contributed by atoms with Crippen molar-refractivity contribution in [1.29, 1.82) is 0 Å². The molecule has 3 heterocycles. The quantitative estimate of drug-likeness (QED) is 0.628. The second-order valence-electron chi connectivity index (χ2n) is 7.99. The average Bonchev–Trinajstić information content (AvgIpc) is 3.36. The fourth-order valence-corrected chi connectivity index (χ4v) is 3.59. The molecule has 1 aliphatic heterocycles. The monoisotopic (exact) mass is 416 g/mol. The van der Waals surface area contributed by atoms with Gasteiger partial charge in [0.25, 0.3) is 11.8 Å². The van der Waals surface area contributed by atoms with Crippen molar-refractivity contribution in [1.82, 2.24) is 29.8 Å². The number of hydrogen-bond donors (Lipinski definition) is 1. The summed E-state index contributed by atoms with van der Waals surface area (Å²) in [6, 6.07) is 0. The van der Waals surface area contributed by atoms with E-state index in [1.807, 2.05) is 11.6 Å². The molecule has 0 unspecified atom stereocenters. The molecular weight excluding hydrogens is 384 g/mol. The van der Waals surface area contributed by atoms with Crippen LogP contribution in [-0.4, -0.2) is 63.1 Å². The zero-order valence-electron chi connectivity index (χ0n) is 18.3. The number of aromatic nitrogens is 4. The zero-order chi connectivity index (χ0) is 21.7. The lowest BCUT2D eigenvalue weighted by atomic mass is 10.0. The van der Waals surface area contributed by atoms with Gasteiger partial charge in [-0.15, -0.1) is 0 Å². The van der Waals surface area contributed by atoms with E-state index in [9.17, 15) is 9.59 Å². The van der Waals surface area contributed by atoms with Gasteiger partial charge in [0.2, 0.25) is 0 Å². The Morgan fingerprint density at radius 2 is 2.13 bits per heavy atom. The first-order valence-electron chi connectivity index (χ1n) is 10.6. The summed E-state index contributed by atoms with van der Waals surface area (Å²) in [6.07, 6.45) is 5.03. The van der Waals surface area contributed by atoms with E-state index >= 15 is 0 Å². The van der Waals surface area contributed by atoms with Gasteiger partial charge >= 0.3 is 0 Å². The Bertz CT molecular complexity index is 885. The molecule has 3 rings (SSSR count). The van der Waals surface area contributed by atoms with Crippen LogP contribution in [0, 0.1) is 5.92 Å². The first kappa shape index (κ1) is 22.0. The minimum absolute atomic E-state index is 0.0685. The molecule has 30 heavy (non-hydrogen) atoms. The Morgan fingerprint density at radius 3 is 2.80 bits per heavy atom. The molecule has 2 aromatic rings. The fourth-order valence-electron chi connectivity index (χ4n) is 3.59. The number of fused-ring (bicyclic) bond motifs is 1. The molecule has 0 aliphatic carbocycles. The smallest absolute Gasteiger partial charge is 0.272 e. The van der Waals surface area contributed by atoms with E-state index in [2.05, 4.69) is 29.4 Å². The van der Waals surface area contributed by atoms with E-state index in [-0.39, 0.29) is 11.8 Å². The summed E-state index contributed by atoms with van der Waals surface area (Å²) < 4.78 is 8.71. The van der Waals surface area contributed by atoms with Gasteiger partial charge in [-0.25, -0.2) is 0 Å². The molecule has 2 aromatic heterocycles. The van der Waals surface area contributed by atoms with Gasteiger partial charge in [-0.05, 0) is 19.3 Å².